The number of Topliss-reactive ketones (excluding diaryl/α,β-unsaturated/α-hetero) is 1. The van der Waals surface area contributed by atoms with Crippen LogP contribution in [0.4, 0.5) is 5.69 Å². The highest BCUT2D eigenvalue weighted by atomic mass is 79.9. The third kappa shape index (κ3) is 4.81. The van der Waals surface area contributed by atoms with Crippen molar-refractivity contribution >= 4 is 39.1 Å². The summed E-state index contributed by atoms with van der Waals surface area (Å²) >= 11 is 3.41. The standard InChI is InChI=1S/C28H26BrNO6/c1-16(2)36-20-11-8-17(9-12-20)25-24(26(31)18-10-13-23(35-4)22(29)14-18)27(32)28(33)30(25)19-6-5-7-21(15-19)34-3/h5-16,25,31H,1-4H3/b26-24+. The Morgan fingerprint density at radius 1 is 0.944 bits per heavy atom. The molecule has 0 saturated carbocycles. The Morgan fingerprint density at radius 3 is 2.28 bits per heavy atom. The molecule has 1 amide bonds. The van der Waals surface area contributed by atoms with E-state index in [4.69, 9.17) is 14.2 Å². The first-order chi connectivity index (χ1) is 17.2. The molecule has 36 heavy (non-hydrogen) atoms. The average Bonchev–Trinajstić information content (AvgIpc) is 3.14. The zero-order chi connectivity index (χ0) is 26.0. The van der Waals surface area contributed by atoms with Crippen molar-refractivity contribution in [3.8, 4) is 17.2 Å². The zero-order valence-electron chi connectivity index (χ0n) is 20.3. The maximum atomic E-state index is 13.4. The molecule has 1 fully saturated rings. The number of aliphatic hydroxyl groups excluding tert-OH is 1. The number of anilines is 1. The fourth-order valence-electron chi connectivity index (χ4n) is 4.14. The smallest absolute Gasteiger partial charge is 0.300 e. The molecule has 1 aliphatic heterocycles. The Kier molecular flexibility index (Phi) is 7.35. The van der Waals surface area contributed by atoms with E-state index in [9.17, 15) is 14.7 Å². The van der Waals surface area contributed by atoms with E-state index >= 15 is 0 Å². The number of ketones is 1. The van der Waals surface area contributed by atoms with Gasteiger partial charge in [0.1, 0.15) is 23.0 Å². The van der Waals surface area contributed by atoms with Crippen LogP contribution in [-0.4, -0.2) is 37.1 Å². The summed E-state index contributed by atoms with van der Waals surface area (Å²) in [5.74, 6) is -0.0472. The first-order valence-electron chi connectivity index (χ1n) is 11.3. The van der Waals surface area contributed by atoms with Crippen LogP contribution in [0, 0.1) is 0 Å². The van der Waals surface area contributed by atoms with Crippen molar-refractivity contribution in [2.24, 2.45) is 0 Å². The third-order valence-corrected chi connectivity index (χ3v) is 6.39. The van der Waals surface area contributed by atoms with Crippen molar-refractivity contribution in [2.75, 3.05) is 19.1 Å². The van der Waals surface area contributed by atoms with E-state index < -0.39 is 17.7 Å². The number of rotatable bonds is 7. The molecule has 8 heteroatoms. The van der Waals surface area contributed by atoms with Gasteiger partial charge in [-0.25, -0.2) is 0 Å². The number of benzene rings is 3. The molecule has 3 aromatic rings. The lowest BCUT2D eigenvalue weighted by Gasteiger charge is -2.26. The maximum absolute atomic E-state index is 13.4. The second kappa shape index (κ2) is 10.5. The van der Waals surface area contributed by atoms with E-state index in [0.29, 0.717) is 38.5 Å². The van der Waals surface area contributed by atoms with E-state index in [1.54, 1.807) is 66.7 Å². The van der Waals surface area contributed by atoms with Crippen molar-refractivity contribution in [3.05, 3.63) is 87.9 Å². The summed E-state index contributed by atoms with van der Waals surface area (Å²) in [7, 11) is 3.06. The molecule has 7 nitrogen and oxygen atoms in total. The summed E-state index contributed by atoms with van der Waals surface area (Å²) < 4.78 is 17.0. The minimum Gasteiger partial charge on any atom is -0.507 e. The summed E-state index contributed by atoms with van der Waals surface area (Å²) in [4.78, 5) is 28.1. The monoisotopic (exact) mass is 551 g/mol. The van der Waals surface area contributed by atoms with Crippen LogP contribution < -0.4 is 19.1 Å². The van der Waals surface area contributed by atoms with Crippen LogP contribution in [-0.2, 0) is 9.59 Å². The number of hydrogen-bond donors (Lipinski definition) is 1. The molecule has 0 aliphatic carbocycles. The quantitative estimate of drug-likeness (QED) is 0.224. The minimum absolute atomic E-state index is 0.00760. The van der Waals surface area contributed by atoms with Crippen LogP contribution in [0.15, 0.2) is 76.8 Å². The Bertz CT molecular complexity index is 1330. The molecule has 0 radical (unpaired) electrons. The highest BCUT2D eigenvalue weighted by Crippen LogP contribution is 2.43. The second-order valence-corrected chi connectivity index (χ2v) is 9.31. The fourth-order valence-corrected chi connectivity index (χ4v) is 4.69. The van der Waals surface area contributed by atoms with Gasteiger partial charge in [-0.05, 0) is 77.8 Å². The number of carbonyl (C=O) groups is 2. The van der Waals surface area contributed by atoms with Crippen LogP contribution in [0.25, 0.3) is 5.76 Å². The maximum Gasteiger partial charge on any atom is 0.300 e. The van der Waals surface area contributed by atoms with Gasteiger partial charge in [0.25, 0.3) is 11.7 Å². The summed E-state index contributed by atoms with van der Waals surface area (Å²) in [5.41, 5.74) is 1.47. The van der Waals surface area contributed by atoms with Crippen LogP contribution in [0.5, 0.6) is 17.2 Å². The molecule has 1 heterocycles. The number of aliphatic hydroxyl groups is 1. The van der Waals surface area contributed by atoms with E-state index in [2.05, 4.69) is 15.9 Å². The van der Waals surface area contributed by atoms with E-state index in [1.165, 1.54) is 19.1 Å². The van der Waals surface area contributed by atoms with Crippen molar-refractivity contribution in [2.45, 2.75) is 26.0 Å². The Hall–Kier alpha value is -3.78. The molecular weight excluding hydrogens is 526 g/mol. The predicted octanol–water partition coefficient (Wildman–Crippen LogP) is 5.88. The number of nitrogens with zero attached hydrogens (tertiary/aromatic N) is 1. The molecule has 3 aromatic carbocycles. The van der Waals surface area contributed by atoms with Gasteiger partial charge < -0.3 is 19.3 Å². The summed E-state index contributed by atoms with van der Waals surface area (Å²) in [6.45, 7) is 3.86. The molecule has 1 aliphatic rings. The number of halogens is 1. The van der Waals surface area contributed by atoms with Gasteiger partial charge in [0.05, 0.1) is 36.4 Å². The number of ether oxygens (including phenoxy) is 3. The molecule has 1 N–H and O–H groups in total. The van der Waals surface area contributed by atoms with Gasteiger partial charge in [-0.15, -0.1) is 0 Å². The lowest BCUT2D eigenvalue weighted by atomic mass is 9.95. The molecule has 1 saturated heterocycles. The molecule has 4 rings (SSSR count). The molecule has 186 valence electrons. The van der Waals surface area contributed by atoms with Gasteiger partial charge in [-0.2, -0.15) is 0 Å². The fraction of sp³-hybridized carbons (Fsp3) is 0.214. The lowest BCUT2D eigenvalue weighted by Crippen LogP contribution is -2.29. The van der Waals surface area contributed by atoms with Crippen molar-refractivity contribution in [1.82, 2.24) is 0 Å². The largest absolute Gasteiger partial charge is 0.507 e. The summed E-state index contributed by atoms with van der Waals surface area (Å²) in [6, 6.07) is 18.1. The third-order valence-electron chi connectivity index (χ3n) is 5.77. The molecule has 1 atom stereocenters. The summed E-state index contributed by atoms with van der Waals surface area (Å²) in [5, 5.41) is 11.3. The van der Waals surface area contributed by atoms with Crippen molar-refractivity contribution < 1.29 is 28.9 Å². The van der Waals surface area contributed by atoms with Crippen molar-refractivity contribution in [1.29, 1.82) is 0 Å². The topological polar surface area (TPSA) is 85.3 Å². The molecule has 0 spiro atoms. The van der Waals surface area contributed by atoms with Crippen molar-refractivity contribution in [3.63, 3.8) is 0 Å². The Labute approximate surface area is 218 Å². The zero-order valence-corrected chi connectivity index (χ0v) is 21.9. The van der Waals surface area contributed by atoms with Crippen LogP contribution in [0.3, 0.4) is 0 Å². The number of carbonyl (C=O) groups excluding carboxylic acids is 2. The lowest BCUT2D eigenvalue weighted by molar-refractivity contribution is -0.132. The highest BCUT2D eigenvalue weighted by Gasteiger charge is 2.47. The predicted molar refractivity (Wildman–Crippen MR) is 141 cm³/mol. The number of methoxy groups -OCH3 is 2. The van der Waals surface area contributed by atoms with Gasteiger partial charge in [0.2, 0.25) is 0 Å². The van der Waals surface area contributed by atoms with Gasteiger partial charge in [0, 0.05) is 17.3 Å². The van der Waals surface area contributed by atoms with E-state index in [-0.39, 0.29) is 17.4 Å². The summed E-state index contributed by atoms with van der Waals surface area (Å²) in [6.07, 6.45) is -0.00760. The molecule has 0 aromatic heterocycles. The number of hydrogen-bond acceptors (Lipinski definition) is 6. The van der Waals surface area contributed by atoms with E-state index in [1.807, 2.05) is 13.8 Å². The Balaban J connectivity index is 1.90. The van der Waals surface area contributed by atoms with Crippen LogP contribution >= 0.6 is 15.9 Å². The van der Waals surface area contributed by atoms with Gasteiger partial charge >= 0.3 is 0 Å². The molecule has 0 bridgehead atoms. The minimum atomic E-state index is -0.869. The normalized spacial score (nSPS) is 16.9. The SMILES string of the molecule is COc1cccc(N2C(=O)C(=O)/C(=C(/O)c3ccc(OC)c(Br)c3)C2c2ccc(OC(C)C)cc2)c1. The first-order valence-corrected chi connectivity index (χ1v) is 12.1. The first kappa shape index (κ1) is 25.3. The van der Waals surface area contributed by atoms with Crippen LogP contribution in [0.1, 0.15) is 31.0 Å². The number of amides is 1. The van der Waals surface area contributed by atoms with E-state index in [0.717, 1.165) is 0 Å². The molecular formula is C28H26BrNO6. The van der Waals surface area contributed by atoms with Crippen LogP contribution in [0.2, 0.25) is 0 Å². The van der Waals surface area contributed by atoms with Gasteiger partial charge in [0.15, 0.2) is 0 Å². The Morgan fingerprint density at radius 2 is 1.67 bits per heavy atom. The van der Waals surface area contributed by atoms with Gasteiger partial charge in [-0.1, -0.05) is 18.2 Å². The highest BCUT2D eigenvalue weighted by molar-refractivity contribution is 9.10. The molecule has 1 unspecified atom stereocenters. The second-order valence-electron chi connectivity index (χ2n) is 8.46. The average molecular weight is 552 g/mol. The van der Waals surface area contributed by atoms with Gasteiger partial charge in [-0.3, -0.25) is 14.5 Å².